The Morgan fingerprint density at radius 2 is 2.19 bits per heavy atom. The molecule has 1 aliphatic heterocycles. The van der Waals surface area contributed by atoms with Crippen LogP contribution in [0.5, 0.6) is 0 Å². The molecule has 0 radical (unpaired) electrons. The van der Waals surface area contributed by atoms with Crippen LogP contribution in [0.4, 0.5) is 0 Å². The highest BCUT2D eigenvalue weighted by atomic mass is 16.5. The Morgan fingerprint density at radius 3 is 2.95 bits per heavy atom. The van der Waals surface area contributed by atoms with Crippen molar-refractivity contribution in [1.82, 2.24) is 29.9 Å². The molecule has 0 saturated carbocycles. The Bertz CT molecular complexity index is 761. The molecule has 0 spiro atoms. The number of nitrogens with zero attached hydrogens (tertiary/aromatic N) is 4. The molecule has 3 heterocycles. The van der Waals surface area contributed by atoms with Crippen LogP contribution >= 0.6 is 0 Å². The molecule has 1 fully saturated rings. The van der Waals surface area contributed by atoms with Crippen molar-refractivity contribution < 1.29 is 4.52 Å². The minimum atomic E-state index is -0.486. The first-order valence-electron chi connectivity index (χ1n) is 6.61. The molecule has 1 saturated heterocycles. The topological polar surface area (TPSA) is 109 Å². The van der Waals surface area contributed by atoms with Crippen molar-refractivity contribution in [3.8, 4) is 11.5 Å². The minimum Gasteiger partial charge on any atom is -0.334 e. The summed E-state index contributed by atoms with van der Waals surface area (Å²) >= 11 is 0. The number of rotatable bonds is 2. The van der Waals surface area contributed by atoms with E-state index in [1.807, 2.05) is 7.05 Å². The number of piperazine rings is 1. The zero-order valence-electron chi connectivity index (χ0n) is 11.8. The monoisotopic (exact) mass is 292 g/mol. The molecule has 1 aliphatic rings. The molecule has 9 heteroatoms. The van der Waals surface area contributed by atoms with Crippen LogP contribution in [-0.2, 0) is 7.05 Å². The molecule has 1 atom stereocenters. The predicted octanol–water partition coefficient (Wildman–Crippen LogP) is -1.30. The first-order chi connectivity index (χ1) is 10.1. The number of aromatic nitrogens is 4. The minimum absolute atomic E-state index is 0.00265. The lowest BCUT2D eigenvalue weighted by Gasteiger charge is -2.30. The fourth-order valence-electron chi connectivity index (χ4n) is 2.29. The second kappa shape index (κ2) is 5.26. The van der Waals surface area contributed by atoms with E-state index in [9.17, 15) is 9.59 Å². The Kier molecular flexibility index (Phi) is 3.43. The van der Waals surface area contributed by atoms with E-state index in [0.717, 1.165) is 24.2 Å². The zero-order valence-corrected chi connectivity index (χ0v) is 11.8. The smallest absolute Gasteiger partial charge is 0.328 e. The second-order valence-corrected chi connectivity index (χ2v) is 5.03. The molecule has 2 N–H and O–H groups in total. The normalized spacial score (nSPS) is 19.8. The van der Waals surface area contributed by atoms with Crippen LogP contribution in [-0.4, -0.2) is 51.3 Å². The van der Waals surface area contributed by atoms with E-state index >= 15 is 0 Å². The van der Waals surface area contributed by atoms with Crippen LogP contribution in [0.25, 0.3) is 11.5 Å². The summed E-state index contributed by atoms with van der Waals surface area (Å²) in [5.74, 6) is 0.633. The summed E-state index contributed by atoms with van der Waals surface area (Å²) < 4.78 is 6.14. The van der Waals surface area contributed by atoms with Crippen LogP contribution in [0.1, 0.15) is 11.9 Å². The SMILES string of the molecule is CN1CCNCC1c1noc(-c2c[nH]c(=O)n(C)c2=O)n1. The summed E-state index contributed by atoms with van der Waals surface area (Å²) in [5, 5.41) is 7.22. The Morgan fingerprint density at radius 1 is 1.38 bits per heavy atom. The van der Waals surface area contributed by atoms with Gasteiger partial charge in [-0.1, -0.05) is 5.16 Å². The fraction of sp³-hybridized carbons (Fsp3) is 0.500. The summed E-state index contributed by atoms with van der Waals surface area (Å²) in [6.45, 7) is 2.52. The largest absolute Gasteiger partial charge is 0.334 e. The van der Waals surface area contributed by atoms with E-state index < -0.39 is 11.2 Å². The highest BCUT2D eigenvalue weighted by Gasteiger charge is 2.26. The molecular formula is C12H16N6O3. The summed E-state index contributed by atoms with van der Waals surface area (Å²) in [6, 6.07) is 0.00265. The Hall–Kier alpha value is -2.26. The average molecular weight is 292 g/mol. The summed E-state index contributed by atoms with van der Waals surface area (Å²) in [6.07, 6.45) is 1.30. The standard InChI is InChI=1S/C12H16N6O3/c1-17-4-3-13-6-8(17)9-15-10(21-16-9)7-5-14-12(20)18(2)11(7)19/h5,8,13H,3-4,6H2,1-2H3,(H,14,20). The fourth-order valence-corrected chi connectivity index (χ4v) is 2.29. The van der Waals surface area contributed by atoms with Crippen LogP contribution in [0.3, 0.4) is 0 Å². The van der Waals surface area contributed by atoms with Gasteiger partial charge in [0.15, 0.2) is 5.82 Å². The predicted molar refractivity (Wildman–Crippen MR) is 73.8 cm³/mol. The molecule has 0 bridgehead atoms. The van der Waals surface area contributed by atoms with E-state index in [1.54, 1.807) is 0 Å². The second-order valence-electron chi connectivity index (χ2n) is 5.03. The van der Waals surface area contributed by atoms with E-state index in [0.29, 0.717) is 5.82 Å². The van der Waals surface area contributed by atoms with Gasteiger partial charge in [-0.15, -0.1) is 0 Å². The van der Waals surface area contributed by atoms with Gasteiger partial charge in [-0.2, -0.15) is 4.98 Å². The van der Waals surface area contributed by atoms with Gasteiger partial charge in [0.25, 0.3) is 11.4 Å². The molecule has 0 aliphatic carbocycles. The van der Waals surface area contributed by atoms with E-state index in [2.05, 4.69) is 25.3 Å². The molecule has 1 unspecified atom stereocenters. The number of likely N-dealkylation sites (N-methyl/N-ethyl adjacent to an activating group) is 1. The Balaban J connectivity index is 1.97. The van der Waals surface area contributed by atoms with Gasteiger partial charge in [-0.3, -0.25) is 14.3 Å². The molecular weight excluding hydrogens is 276 g/mol. The maximum Gasteiger partial charge on any atom is 0.328 e. The van der Waals surface area contributed by atoms with Crippen molar-refractivity contribution >= 4 is 0 Å². The number of H-pyrrole nitrogens is 1. The summed E-state index contributed by atoms with van der Waals surface area (Å²) in [4.78, 5) is 32.3. The number of aromatic amines is 1. The van der Waals surface area contributed by atoms with Crippen LogP contribution in [0, 0.1) is 0 Å². The van der Waals surface area contributed by atoms with Crippen LogP contribution < -0.4 is 16.6 Å². The van der Waals surface area contributed by atoms with Crippen molar-refractivity contribution in [1.29, 1.82) is 0 Å². The molecule has 0 amide bonds. The van der Waals surface area contributed by atoms with Gasteiger partial charge in [0.2, 0.25) is 0 Å². The number of hydrogen-bond donors (Lipinski definition) is 2. The van der Waals surface area contributed by atoms with E-state index in [-0.39, 0.29) is 17.5 Å². The van der Waals surface area contributed by atoms with Crippen molar-refractivity contribution in [2.75, 3.05) is 26.7 Å². The van der Waals surface area contributed by atoms with Gasteiger partial charge in [-0.05, 0) is 7.05 Å². The van der Waals surface area contributed by atoms with Crippen molar-refractivity contribution in [3.05, 3.63) is 32.9 Å². The molecule has 21 heavy (non-hydrogen) atoms. The molecule has 3 rings (SSSR count). The van der Waals surface area contributed by atoms with Crippen molar-refractivity contribution in [3.63, 3.8) is 0 Å². The van der Waals surface area contributed by atoms with Gasteiger partial charge in [0.1, 0.15) is 5.56 Å². The molecule has 2 aromatic heterocycles. The van der Waals surface area contributed by atoms with E-state index in [1.165, 1.54) is 13.2 Å². The highest BCUT2D eigenvalue weighted by molar-refractivity contribution is 5.49. The lowest BCUT2D eigenvalue weighted by molar-refractivity contribution is 0.190. The summed E-state index contributed by atoms with van der Waals surface area (Å²) in [5.41, 5.74) is -0.772. The lowest BCUT2D eigenvalue weighted by Crippen LogP contribution is -2.44. The molecule has 9 nitrogen and oxygen atoms in total. The average Bonchev–Trinajstić information content (AvgIpc) is 2.95. The van der Waals surface area contributed by atoms with Crippen molar-refractivity contribution in [2.24, 2.45) is 7.05 Å². The van der Waals surface area contributed by atoms with Crippen LogP contribution in [0.15, 0.2) is 20.3 Å². The van der Waals surface area contributed by atoms with Gasteiger partial charge in [-0.25, -0.2) is 4.79 Å². The van der Waals surface area contributed by atoms with Gasteiger partial charge < -0.3 is 14.8 Å². The highest BCUT2D eigenvalue weighted by Crippen LogP contribution is 2.20. The van der Waals surface area contributed by atoms with Gasteiger partial charge in [0, 0.05) is 32.9 Å². The third kappa shape index (κ3) is 2.41. The molecule has 2 aromatic rings. The third-order valence-electron chi connectivity index (χ3n) is 3.66. The lowest BCUT2D eigenvalue weighted by atomic mass is 10.2. The third-order valence-corrected chi connectivity index (χ3v) is 3.66. The molecule has 112 valence electrons. The maximum atomic E-state index is 12.0. The Labute approximate surface area is 119 Å². The maximum absolute atomic E-state index is 12.0. The first kappa shape index (κ1) is 13.7. The quantitative estimate of drug-likeness (QED) is 0.708. The molecule has 0 aromatic carbocycles. The number of nitrogens with one attached hydrogen (secondary N) is 2. The van der Waals surface area contributed by atoms with Crippen LogP contribution in [0.2, 0.25) is 0 Å². The number of hydrogen-bond acceptors (Lipinski definition) is 7. The van der Waals surface area contributed by atoms with E-state index in [4.69, 9.17) is 4.52 Å². The van der Waals surface area contributed by atoms with Gasteiger partial charge >= 0.3 is 5.69 Å². The zero-order chi connectivity index (χ0) is 15.0. The first-order valence-corrected chi connectivity index (χ1v) is 6.61. The van der Waals surface area contributed by atoms with Gasteiger partial charge in [0.05, 0.1) is 6.04 Å². The summed E-state index contributed by atoms with van der Waals surface area (Å²) in [7, 11) is 3.38. The van der Waals surface area contributed by atoms with Crippen molar-refractivity contribution in [2.45, 2.75) is 6.04 Å².